The number of aromatic nitrogens is 5. The molecule has 3 radical (unpaired) electrons. The number of benzene rings is 2. The van der Waals surface area contributed by atoms with E-state index in [1.807, 2.05) is 0 Å². The summed E-state index contributed by atoms with van der Waals surface area (Å²) in [5.74, 6) is -0.656. The molecule has 0 saturated heterocycles. The summed E-state index contributed by atoms with van der Waals surface area (Å²) in [4.78, 5) is 38.8. The minimum atomic E-state index is -0.479. The molecule has 3 aromatic heterocycles. The van der Waals surface area contributed by atoms with Crippen LogP contribution in [0, 0.1) is 0 Å². The Balaban J connectivity index is 0.00000320. The van der Waals surface area contributed by atoms with Gasteiger partial charge in [-0.15, -0.1) is 0 Å². The highest BCUT2D eigenvalue weighted by Gasteiger charge is 2.17. The predicted molar refractivity (Wildman–Crippen MR) is 144 cm³/mol. The van der Waals surface area contributed by atoms with E-state index in [9.17, 15) is 19.8 Å². The van der Waals surface area contributed by atoms with E-state index in [1.165, 1.54) is 33.9 Å². The average molecular weight is 576 g/mol. The van der Waals surface area contributed by atoms with Crippen LogP contribution in [0.15, 0.2) is 52.6 Å². The molecule has 2 N–H and O–H groups in total. The highest BCUT2D eigenvalue weighted by Crippen LogP contribution is 2.35. The molecular weight excluding hydrogens is 563 g/mol. The first-order valence-electron chi connectivity index (χ1n) is 10.2. The number of nitrogens with zero attached hydrogens (tertiary/aromatic N) is 5. The second-order valence-electron chi connectivity index (χ2n) is 7.80. The molecule has 0 bridgehead atoms. The van der Waals surface area contributed by atoms with Gasteiger partial charge < -0.3 is 10.2 Å². The first kappa shape index (κ1) is 26.7. The Hall–Kier alpha value is -3.31. The van der Waals surface area contributed by atoms with Gasteiger partial charge in [-0.1, -0.05) is 52.5 Å². The fourth-order valence-electron chi connectivity index (χ4n) is 3.78. The molecule has 5 aromatic rings. The number of hydrogen-bond donors (Lipinski definition) is 2. The Morgan fingerprint density at radius 3 is 1.51 bits per heavy atom. The molecule has 37 heavy (non-hydrogen) atoms. The summed E-state index contributed by atoms with van der Waals surface area (Å²) in [5.41, 5.74) is 0.0670. The number of fused-ring (bicyclic) bond motifs is 2. The average Bonchev–Trinajstić information content (AvgIpc) is 2.83. The van der Waals surface area contributed by atoms with Gasteiger partial charge in [0.05, 0.1) is 68.0 Å². The highest BCUT2D eigenvalue weighted by molar-refractivity contribution is 6.40. The van der Waals surface area contributed by atoms with Crippen molar-refractivity contribution in [1.82, 2.24) is 24.1 Å². The first-order chi connectivity index (χ1) is 17.2. The maximum atomic E-state index is 13.0. The minimum absolute atomic E-state index is 0. The number of hydrogen-bond acceptors (Lipinski definition) is 7. The lowest BCUT2D eigenvalue weighted by Gasteiger charge is -2.11. The third kappa shape index (κ3) is 4.73. The van der Waals surface area contributed by atoms with Crippen molar-refractivity contribution >= 4 is 76.6 Å². The zero-order valence-electron chi connectivity index (χ0n) is 18.5. The largest absolute Gasteiger partial charge is 0.504 e. The van der Waals surface area contributed by atoms with Crippen LogP contribution in [0.2, 0.25) is 20.1 Å². The lowest BCUT2D eigenvalue weighted by molar-refractivity contribution is 0.479. The van der Waals surface area contributed by atoms with Crippen LogP contribution in [0.1, 0.15) is 11.4 Å². The van der Waals surface area contributed by atoms with E-state index in [-0.39, 0.29) is 74.9 Å². The van der Waals surface area contributed by atoms with Crippen LogP contribution in [0.5, 0.6) is 11.5 Å². The van der Waals surface area contributed by atoms with Crippen LogP contribution in [-0.4, -0.2) is 42.7 Å². The summed E-state index contributed by atoms with van der Waals surface area (Å²) in [6, 6.07) is 7.71. The summed E-state index contributed by atoms with van der Waals surface area (Å²) in [6.07, 6.45) is 2.53. The first-order valence-corrected chi connectivity index (χ1v) is 11.7. The summed E-state index contributed by atoms with van der Waals surface area (Å²) in [5, 5.41) is 20.4. The van der Waals surface area contributed by atoms with Crippen LogP contribution >= 0.6 is 46.4 Å². The van der Waals surface area contributed by atoms with Gasteiger partial charge in [0.1, 0.15) is 11.0 Å². The lowest BCUT2D eigenvalue weighted by atomic mass is 10.2. The number of halogens is 4. The van der Waals surface area contributed by atoms with E-state index in [1.54, 1.807) is 18.2 Å². The Morgan fingerprint density at radius 1 is 0.703 bits per heavy atom. The number of pyridine rings is 1. The van der Waals surface area contributed by atoms with Gasteiger partial charge in [0.25, 0.3) is 11.1 Å². The molecule has 185 valence electrons. The van der Waals surface area contributed by atoms with Gasteiger partial charge in [-0.25, -0.2) is 9.97 Å². The van der Waals surface area contributed by atoms with E-state index >= 15 is 0 Å². The van der Waals surface area contributed by atoms with Crippen LogP contribution in [-0.2, 0) is 13.1 Å². The molecule has 3 heterocycles. The van der Waals surface area contributed by atoms with Crippen molar-refractivity contribution in [3.05, 3.63) is 95.2 Å². The molecule has 0 amide bonds. The molecule has 0 aliphatic heterocycles. The van der Waals surface area contributed by atoms with Crippen molar-refractivity contribution in [2.45, 2.75) is 13.1 Å². The van der Waals surface area contributed by atoms with Gasteiger partial charge in [0.2, 0.25) is 0 Å². The molecule has 0 spiro atoms. The predicted octanol–water partition coefficient (Wildman–Crippen LogP) is 4.24. The van der Waals surface area contributed by atoms with E-state index < -0.39 is 11.1 Å². The SMILES string of the molecule is O=c1c2c(Cl)cc(Cl)c(O)c2ncn1Cc1cccc(Cn2cnc3c(O)c(Cl)cc(Cl)c3c2=O)n1.[B]. The molecule has 0 aliphatic carbocycles. The van der Waals surface area contributed by atoms with Crippen molar-refractivity contribution in [3.63, 3.8) is 0 Å². The molecule has 2 aromatic carbocycles. The third-order valence-electron chi connectivity index (χ3n) is 5.49. The maximum Gasteiger partial charge on any atom is 0.263 e. The zero-order valence-corrected chi connectivity index (χ0v) is 21.5. The molecule has 0 unspecified atom stereocenters. The monoisotopic (exact) mass is 574 g/mol. The summed E-state index contributed by atoms with van der Waals surface area (Å²) in [7, 11) is 0. The van der Waals surface area contributed by atoms with Crippen LogP contribution < -0.4 is 11.1 Å². The lowest BCUT2D eigenvalue weighted by Crippen LogP contribution is -2.23. The fraction of sp³-hybridized carbons (Fsp3) is 0.0870. The normalized spacial score (nSPS) is 11.1. The van der Waals surface area contributed by atoms with Gasteiger partial charge in [0.15, 0.2) is 11.5 Å². The second-order valence-corrected chi connectivity index (χ2v) is 9.43. The van der Waals surface area contributed by atoms with E-state index in [0.717, 1.165) is 0 Å². The Kier molecular flexibility index (Phi) is 7.39. The van der Waals surface area contributed by atoms with E-state index in [4.69, 9.17) is 46.4 Å². The van der Waals surface area contributed by atoms with Gasteiger partial charge >= 0.3 is 0 Å². The van der Waals surface area contributed by atoms with Gasteiger partial charge in [-0.05, 0) is 24.3 Å². The van der Waals surface area contributed by atoms with Gasteiger partial charge in [-0.2, -0.15) is 0 Å². The quantitative estimate of drug-likeness (QED) is 0.307. The molecule has 0 atom stereocenters. The Morgan fingerprint density at radius 2 is 1.11 bits per heavy atom. The van der Waals surface area contributed by atoms with Crippen LogP contribution in [0.3, 0.4) is 0 Å². The smallest absolute Gasteiger partial charge is 0.263 e. The number of rotatable bonds is 4. The third-order valence-corrected chi connectivity index (χ3v) is 6.66. The fourth-order valence-corrected chi connectivity index (χ4v) is 4.85. The standard InChI is InChI=1S/C23H13Cl4N5O4.B/c24-12-4-14(26)20(33)18-16(12)22(35)31(8-28-18)6-10-2-1-3-11(30-10)7-32-9-29-19-17(23(32)36)13(25)5-15(27)21(19)34;/h1-5,8-9,33-34H,6-7H2;. The summed E-state index contributed by atoms with van der Waals surface area (Å²) >= 11 is 24.2. The molecule has 0 fully saturated rings. The number of phenols is 2. The molecule has 0 saturated carbocycles. The minimum Gasteiger partial charge on any atom is -0.504 e. The molecule has 5 rings (SSSR count). The van der Waals surface area contributed by atoms with Crippen molar-refractivity contribution in [2.75, 3.05) is 0 Å². The molecular formula is C23H13BCl4N5O4. The van der Waals surface area contributed by atoms with E-state index in [2.05, 4.69) is 15.0 Å². The van der Waals surface area contributed by atoms with Crippen molar-refractivity contribution in [3.8, 4) is 11.5 Å². The maximum absolute atomic E-state index is 13.0. The summed E-state index contributed by atoms with van der Waals surface area (Å²) in [6.45, 7) is 0.108. The Bertz CT molecular complexity index is 1700. The molecule has 0 aliphatic rings. The zero-order chi connectivity index (χ0) is 25.7. The van der Waals surface area contributed by atoms with Gasteiger partial charge in [0, 0.05) is 8.41 Å². The summed E-state index contributed by atoms with van der Waals surface area (Å²) < 4.78 is 2.59. The molecule has 9 nitrogen and oxygen atoms in total. The number of aromatic hydroxyl groups is 2. The van der Waals surface area contributed by atoms with Crippen molar-refractivity contribution in [1.29, 1.82) is 0 Å². The van der Waals surface area contributed by atoms with E-state index in [0.29, 0.717) is 11.4 Å². The number of phenolic OH excluding ortho intramolecular Hbond substituents is 2. The van der Waals surface area contributed by atoms with Gasteiger partial charge in [-0.3, -0.25) is 23.7 Å². The highest BCUT2D eigenvalue weighted by atomic mass is 35.5. The topological polar surface area (TPSA) is 123 Å². The van der Waals surface area contributed by atoms with Crippen molar-refractivity contribution < 1.29 is 10.2 Å². The van der Waals surface area contributed by atoms with Crippen molar-refractivity contribution in [2.24, 2.45) is 0 Å². The Labute approximate surface area is 230 Å². The van der Waals surface area contributed by atoms with Crippen LogP contribution in [0.4, 0.5) is 0 Å². The van der Waals surface area contributed by atoms with Crippen LogP contribution in [0.25, 0.3) is 21.8 Å². The molecule has 14 heteroatoms. The second kappa shape index (κ2) is 10.2.